The van der Waals surface area contributed by atoms with E-state index in [1.54, 1.807) is 50.2 Å². The highest BCUT2D eigenvalue weighted by molar-refractivity contribution is 7.92. The lowest BCUT2D eigenvalue weighted by molar-refractivity contribution is 0.0730. The van der Waals surface area contributed by atoms with Crippen LogP contribution >= 0.6 is 0 Å². The van der Waals surface area contributed by atoms with Crippen molar-refractivity contribution in [3.05, 3.63) is 54.1 Å². The molecule has 1 heterocycles. The zero-order valence-electron chi connectivity index (χ0n) is 19.8. The average Bonchev–Trinajstić information content (AvgIpc) is 2.88. The maximum atomic E-state index is 12.7. The molecule has 3 rings (SSSR count). The molecule has 1 aliphatic heterocycles. The van der Waals surface area contributed by atoms with Crippen LogP contribution in [0.2, 0.25) is 0 Å². The minimum Gasteiger partial charge on any atom is -0.492 e. The molecule has 0 aliphatic carbocycles. The highest BCUT2D eigenvalue weighted by Crippen LogP contribution is 2.21. The van der Waals surface area contributed by atoms with E-state index in [2.05, 4.69) is 5.32 Å². The molecule has 1 saturated heterocycles. The summed E-state index contributed by atoms with van der Waals surface area (Å²) in [5.74, 6) is 0.171. The predicted octanol–water partition coefficient (Wildman–Crippen LogP) is 1.69. The van der Waals surface area contributed by atoms with Crippen molar-refractivity contribution in [2.24, 2.45) is 0 Å². The van der Waals surface area contributed by atoms with Crippen molar-refractivity contribution in [3.8, 4) is 5.75 Å². The normalized spacial score (nSPS) is 14.9. The van der Waals surface area contributed by atoms with Gasteiger partial charge in [0.05, 0.1) is 36.1 Å². The largest absolute Gasteiger partial charge is 0.492 e. The van der Waals surface area contributed by atoms with Gasteiger partial charge in [-0.1, -0.05) is 0 Å². The highest BCUT2D eigenvalue weighted by Gasteiger charge is 2.26. The summed E-state index contributed by atoms with van der Waals surface area (Å²) in [7, 11) is -6.94. The first-order valence-electron chi connectivity index (χ1n) is 11.4. The highest BCUT2D eigenvalue weighted by atomic mass is 32.2. The van der Waals surface area contributed by atoms with Crippen LogP contribution in [0.4, 0.5) is 5.69 Å². The van der Waals surface area contributed by atoms with E-state index in [1.165, 1.54) is 20.7 Å². The Kier molecular flexibility index (Phi) is 9.11. The van der Waals surface area contributed by atoms with Gasteiger partial charge in [0.15, 0.2) is 0 Å². The first-order valence-corrected chi connectivity index (χ1v) is 14.4. The molecule has 0 radical (unpaired) electrons. The van der Waals surface area contributed by atoms with E-state index >= 15 is 0 Å². The predicted molar refractivity (Wildman–Crippen MR) is 133 cm³/mol. The van der Waals surface area contributed by atoms with Crippen molar-refractivity contribution in [2.75, 3.05) is 56.1 Å². The maximum absolute atomic E-state index is 12.7. The van der Waals surface area contributed by atoms with E-state index in [0.29, 0.717) is 49.8 Å². The number of sulfonamides is 2. The Morgan fingerprint density at radius 3 is 2.20 bits per heavy atom. The smallest absolute Gasteiger partial charge is 0.251 e. The van der Waals surface area contributed by atoms with E-state index in [9.17, 15) is 21.6 Å². The third-order valence-corrected chi connectivity index (χ3v) is 9.28. The van der Waals surface area contributed by atoms with Crippen LogP contribution in [0, 0.1) is 0 Å². The summed E-state index contributed by atoms with van der Waals surface area (Å²) >= 11 is 0. The Balaban J connectivity index is 1.49. The molecule has 1 N–H and O–H groups in total. The van der Waals surface area contributed by atoms with Gasteiger partial charge in [0.2, 0.25) is 20.0 Å². The third-order valence-electron chi connectivity index (χ3n) is 5.49. The number of rotatable bonds is 11. The molecule has 1 aliphatic rings. The fourth-order valence-electron chi connectivity index (χ4n) is 3.55. The molecule has 2 aromatic rings. The summed E-state index contributed by atoms with van der Waals surface area (Å²) < 4.78 is 63.2. The standard InChI is InChI=1S/C23H31N3O7S2/c1-3-26(34(28,29)4-2)20-7-5-19(6-8-20)23(27)24-13-16-33-21-9-11-22(12-10-21)35(30,31)25-14-17-32-18-15-25/h5-12H,3-4,13-18H2,1-2H3,(H,24,27). The van der Waals surface area contributed by atoms with Gasteiger partial charge in [-0.25, -0.2) is 16.8 Å². The van der Waals surface area contributed by atoms with Crippen molar-refractivity contribution in [1.29, 1.82) is 0 Å². The summed E-state index contributed by atoms with van der Waals surface area (Å²) in [6, 6.07) is 12.5. The summed E-state index contributed by atoms with van der Waals surface area (Å²) in [6.07, 6.45) is 0. The van der Waals surface area contributed by atoms with Gasteiger partial charge in [-0.3, -0.25) is 9.10 Å². The minimum atomic E-state index is -3.56. The van der Waals surface area contributed by atoms with Gasteiger partial charge in [0.1, 0.15) is 12.4 Å². The Hall–Kier alpha value is -2.67. The zero-order chi connectivity index (χ0) is 25.5. The molecule has 0 bridgehead atoms. The van der Waals surface area contributed by atoms with Gasteiger partial charge < -0.3 is 14.8 Å². The number of anilines is 1. The Morgan fingerprint density at radius 1 is 1.00 bits per heavy atom. The second-order valence-electron chi connectivity index (χ2n) is 7.70. The monoisotopic (exact) mass is 525 g/mol. The average molecular weight is 526 g/mol. The molecule has 1 fully saturated rings. The van der Waals surface area contributed by atoms with Crippen LogP contribution in [0.5, 0.6) is 5.75 Å². The van der Waals surface area contributed by atoms with Crippen LogP contribution in [0.25, 0.3) is 0 Å². The maximum Gasteiger partial charge on any atom is 0.251 e. The molecule has 35 heavy (non-hydrogen) atoms. The van der Waals surface area contributed by atoms with E-state index in [-0.39, 0.29) is 29.7 Å². The number of hydrogen-bond acceptors (Lipinski definition) is 7. The van der Waals surface area contributed by atoms with Gasteiger partial charge in [-0.15, -0.1) is 0 Å². The van der Waals surface area contributed by atoms with Crippen molar-refractivity contribution in [3.63, 3.8) is 0 Å². The minimum absolute atomic E-state index is 0.00447. The van der Waals surface area contributed by atoms with Gasteiger partial charge in [-0.05, 0) is 62.4 Å². The zero-order valence-corrected chi connectivity index (χ0v) is 21.5. The van der Waals surface area contributed by atoms with Crippen LogP contribution in [0.3, 0.4) is 0 Å². The second kappa shape index (κ2) is 11.8. The molecule has 0 spiro atoms. The molecule has 0 aromatic heterocycles. The molecular formula is C23H31N3O7S2. The van der Waals surface area contributed by atoms with Gasteiger partial charge in [-0.2, -0.15) is 4.31 Å². The van der Waals surface area contributed by atoms with Crippen molar-refractivity contribution in [1.82, 2.24) is 9.62 Å². The molecule has 0 atom stereocenters. The summed E-state index contributed by atoms with van der Waals surface area (Å²) in [5, 5.41) is 2.74. The molecule has 192 valence electrons. The lowest BCUT2D eigenvalue weighted by Gasteiger charge is -2.26. The number of nitrogens with one attached hydrogen (secondary N) is 1. The van der Waals surface area contributed by atoms with Crippen LogP contribution in [0.15, 0.2) is 53.4 Å². The molecule has 2 aromatic carbocycles. The summed E-state index contributed by atoms with van der Waals surface area (Å²) in [6.45, 7) is 5.50. The lowest BCUT2D eigenvalue weighted by Crippen LogP contribution is -2.40. The number of carbonyl (C=O) groups excluding carboxylic acids is 1. The lowest BCUT2D eigenvalue weighted by atomic mass is 10.2. The van der Waals surface area contributed by atoms with Crippen LogP contribution in [0.1, 0.15) is 24.2 Å². The molecule has 10 nitrogen and oxygen atoms in total. The first kappa shape index (κ1) is 26.9. The second-order valence-corrected chi connectivity index (χ2v) is 11.8. The van der Waals surface area contributed by atoms with Crippen molar-refractivity contribution < 1.29 is 31.1 Å². The van der Waals surface area contributed by atoms with E-state index in [0.717, 1.165) is 0 Å². The van der Waals surface area contributed by atoms with Gasteiger partial charge in [0.25, 0.3) is 5.91 Å². The molecule has 0 unspecified atom stereocenters. The van der Waals surface area contributed by atoms with Crippen LogP contribution in [-0.2, 0) is 24.8 Å². The quantitative estimate of drug-likeness (QED) is 0.443. The van der Waals surface area contributed by atoms with E-state index in [4.69, 9.17) is 9.47 Å². The first-order chi connectivity index (χ1) is 16.7. The number of hydrogen-bond donors (Lipinski definition) is 1. The topological polar surface area (TPSA) is 122 Å². The third kappa shape index (κ3) is 6.72. The van der Waals surface area contributed by atoms with E-state index < -0.39 is 20.0 Å². The Labute approximate surface area is 206 Å². The van der Waals surface area contributed by atoms with Crippen LogP contribution in [-0.4, -0.2) is 78.8 Å². The van der Waals surface area contributed by atoms with Gasteiger partial charge >= 0.3 is 0 Å². The fourth-order valence-corrected chi connectivity index (χ4v) is 6.11. The number of amides is 1. The molecule has 12 heteroatoms. The van der Waals surface area contributed by atoms with Crippen molar-refractivity contribution in [2.45, 2.75) is 18.7 Å². The fraction of sp³-hybridized carbons (Fsp3) is 0.435. The number of ether oxygens (including phenoxy) is 2. The molecule has 0 saturated carbocycles. The number of benzene rings is 2. The number of carbonyl (C=O) groups is 1. The molecular weight excluding hydrogens is 494 g/mol. The van der Waals surface area contributed by atoms with Crippen LogP contribution < -0.4 is 14.4 Å². The van der Waals surface area contributed by atoms with Crippen molar-refractivity contribution >= 4 is 31.6 Å². The number of nitrogens with zero attached hydrogens (tertiary/aromatic N) is 2. The molecule has 1 amide bonds. The van der Waals surface area contributed by atoms with Gasteiger partial charge in [0, 0.05) is 25.2 Å². The van der Waals surface area contributed by atoms with E-state index in [1.807, 2.05) is 0 Å². The Bertz CT molecular complexity index is 1190. The SMILES string of the molecule is CCN(c1ccc(C(=O)NCCOc2ccc(S(=O)(=O)N3CCOCC3)cc2)cc1)S(=O)(=O)CC. The summed E-state index contributed by atoms with van der Waals surface area (Å²) in [4.78, 5) is 12.6. The number of morpholine rings is 1. The Morgan fingerprint density at radius 2 is 1.63 bits per heavy atom. The summed E-state index contributed by atoms with van der Waals surface area (Å²) in [5.41, 5.74) is 0.907.